The zero-order valence-electron chi connectivity index (χ0n) is 9.68. The first-order valence-electron chi connectivity index (χ1n) is 5.31. The Morgan fingerprint density at radius 2 is 2.11 bits per heavy atom. The Hall–Kier alpha value is -1.88. The number of hydrogen-bond donors (Lipinski definition) is 1. The van der Waals surface area contributed by atoms with Crippen LogP contribution in [-0.2, 0) is 0 Å². The summed E-state index contributed by atoms with van der Waals surface area (Å²) < 4.78 is 5.83. The van der Waals surface area contributed by atoms with Crippen LogP contribution in [0.15, 0.2) is 51.6 Å². The zero-order valence-corrected chi connectivity index (χ0v) is 11.3. The van der Waals surface area contributed by atoms with E-state index in [1.807, 2.05) is 12.1 Å². The molecule has 0 radical (unpaired) electrons. The molecule has 0 bridgehead atoms. The minimum Gasteiger partial charge on any atom is -0.360 e. The standard InChI is InChI=1S/C13H11BrN2O2/c1-9-8-13(16-18-9)15-7-6-12(17)10-2-4-11(14)5-3-10/h2-8H,1H3,(H,15,16)/b7-6+. The lowest BCUT2D eigenvalue weighted by Crippen LogP contribution is -1.96. The van der Waals surface area contributed by atoms with Gasteiger partial charge in [0.1, 0.15) is 5.76 Å². The van der Waals surface area contributed by atoms with Crippen molar-refractivity contribution < 1.29 is 9.32 Å². The monoisotopic (exact) mass is 306 g/mol. The van der Waals surface area contributed by atoms with E-state index in [1.54, 1.807) is 31.3 Å². The molecule has 0 saturated heterocycles. The number of hydrogen-bond acceptors (Lipinski definition) is 4. The molecule has 1 aromatic heterocycles. The fourth-order valence-electron chi connectivity index (χ4n) is 1.35. The van der Waals surface area contributed by atoms with Crippen LogP contribution in [0.5, 0.6) is 0 Å². The molecule has 0 aliphatic heterocycles. The number of halogens is 1. The normalized spacial score (nSPS) is 10.8. The highest BCUT2D eigenvalue weighted by molar-refractivity contribution is 9.10. The number of allylic oxidation sites excluding steroid dienone is 1. The van der Waals surface area contributed by atoms with Crippen molar-refractivity contribution in [3.63, 3.8) is 0 Å². The Labute approximate surface area is 113 Å². The molecule has 18 heavy (non-hydrogen) atoms. The van der Waals surface area contributed by atoms with Gasteiger partial charge in [-0.25, -0.2) is 0 Å². The number of ketones is 1. The van der Waals surface area contributed by atoms with Crippen LogP contribution in [0.4, 0.5) is 5.82 Å². The Bertz CT molecular complexity index is 573. The van der Waals surface area contributed by atoms with Crippen molar-refractivity contribution in [2.45, 2.75) is 6.92 Å². The Balaban J connectivity index is 1.97. The van der Waals surface area contributed by atoms with E-state index < -0.39 is 0 Å². The minimum absolute atomic E-state index is 0.0739. The summed E-state index contributed by atoms with van der Waals surface area (Å²) in [6.07, 6.45) is 2.99. The number of carbonyl (C=O) groups excluding carboxylic acids is 1. The summed E-state index contributed by atoms with van der Waals surface area (Å²) in [4.78, 5) is 11.8. The van der Waals surface area contributed by atoms with Crippen LogP contribution in [0.1, 0.15) is 16.1 Å². The number of rotatable bonds is 4. The molecular formula is C13H11BrN2O2. The quantitative estimate of drug-likeness (QED) is 0.693. The van der Waals surface area contributed by atoms with E-state index in [0.29, 0.717) is 17.1 Å². The second-order valence-corrected chi connectivity index (χ2v) is 4.59. The minimum atomic E-state index is -0.0739. The Morgan fingerprint density at radius 3 is 2.72 bits per heavy atom. The van der Waals surface area contributed by atoms with Crippen LogP contribution in [-0.4, -0.2) is 10.9 Å². The topological polar surface area (TPSA) is 55.1 Å². The fraction of sp³-hybridized carbons (Fsp3) is 0.0769. The molecule has 0 amide bonds. The highest BCUT2D eigenvalue weighted by atomic mass is 79.9. The molecule has 1 N–H and O–H groups in total. The van der Waals surface area contributed by atoms with Crippen molar-refractivity contribution in [2.24, 2.45) is 0 Å². The zero-order chi connectivity index (χ0) is 13.0. The lowest BCUT2D eigenvalue weighted by Gasteiger charge is -1.96. The number of carbonyl (C=O) groups is 1. The molecule has 2 rings (SSSR count). The van der Waals surface area contributed by atoms with Crippen LogP contribution in [0.25, 0.3) is 0 Å². The summed E-state index contributed by atoms with van der Waals surface area (Å²) in [7, 11) is 0. The first-order valence-corrected chi connectivity index (χ1v) is 6.11. The second-order valence-electron chi connectivity index (χ2n) is 3.67. The van der Waals surface area contributed by atoms with Gasteiger partial charge < -0.3 is 9.84 Å². The number of aromatic nitrogens is 1. The maximum atomic E-state index is 11.8. The van der Waals surface area contributed by atoms with Gasteiger partial charge in [-0.3, -0.25) is 4.79 Å². The molecule has 92 valence electrons. The molecule has 0 atom stereocenters. The lowest BCUT2D eigenvalue weighted by atomic mass is 10.1. The molecule has 4 nitrogen and oxygen atoms in total. The molecule has 2 aromatic rings. The summed E-state index contributed by atoms with van der Waals surface area (Å²) in [5.74, 6) is 1.22. The van der Waals surface area contributed by atoms with Gasteiger partial charge in [0.05, 0.1) is 0 Å². The number of aryl methyl sites for hydroxylation is 1. The molecule has 0 unspecified atom stereocenters. The molecule has 0 saturated carbocycles. The number of anilines is 1. The van der Waals surface area contributed by atoms with Crippen molar-refractivity contribution in [3.05, 3.63) is 58.4 Å². The van der Waals surface area contributed by atoms with Gasteiger partial charge >= 0.3 is 0 Å². The first kappa shape index (κ1) is 12.6. The van der Waals surface area contributed by atoms with E-state index in [1.165, 1.54) is 6.08 Å². The maximum absolute atomic E-state index is 11.8. The van der Waals surface area contributed by atoms with E-state index >= 15 is 0 Å². The van der Waals surface area contributed by atoms with E-state index in [4.69, 9.17) is 4.52 Å². The third-order valence-corrected chi connectivity index (χ3v) is 2.75. The highest BCUT2D eigenvalue weighted by Gasteiger charge is 2.01. The predicted octanol–water partition coefficient (Wildman–Crippen LogP) is 3.55. The summed E-state index contributed by atoms with van der Waals surface area (Å²) in [6.45, 7) is 1.80. The van der Waals surface area contributed by atoms with E-state index in [0.717, 1.165) is 4.47 Å². The maximum Gasteiger partial charge on any atom is 0.187 e. The van der Waals surface area contributed by atoms with Crippen LogP contribution in [0.3, 0.4) is 0 Å². The van der Waals surface area contributed by atoms with Gasteiger partial charge in [0.2, 0.25) is 0 Å². The van der Waals surface area contributed by atoms with Crippen molar-refractivity contribution in [2.75, 3.05) is 5.32 Å². The van der Waals surface area contributed by atoms with Crippen LogP contribution >= 0.6 is 15.9 Å². The Morgan fingerprint density at radius 1 is 1.39 bits per heavy atom. The summed E-state index contributed by atoms with van der Waals surface area (Å²) in [6, 6.07) is 8.92. The largest absolute Gasteiger partial charge is 0.360 e. The van der Waals surface area contributed by atoms with E-state index in [2.05, 4.69) is 26.4 Å². The van der Waals surface area contributed by atoms with Crippen molar-refractivity contribution in [1.82, 2.24) is 5.16 Å². The average Bonchev–Trinajstić information content (AvgIpc) is 2.76. The highest BCUT2D eigenvalue weighted by Crippen LogP contribution is 2.11. The molecule has 0 aliphatic carbocycles. The van der Waals surface area contributed by atoms with Crippen molar-refractivity contribution >= 4 is 27.5 Å². The third-order valence-electron chi connectivity index (χ3n) is 2.22. The summed E-state index contributed by atoms with van der Waals surface area (Å²) in [5.41, 5.74) is 0.632. The van der Waals surface area contributed by atoms with E-state index in [-0.39, 0.29) is 5.78 Å². The third kappa shape index (κ3) is 3.30. The van der Waals surface area contributed by atoms with Crippen LogP contribution < -0.4 is 5.32 Å². The molecular weight excluding hydrogens is 296 g/mol. The summed E-state index contributed by atoms with van der Waals surface area (Å²) >= 11 is 3.32. The molecule has 0 fully saturated rings. The summed E-state index contributed by atoms with van der Waals surface area (Å²) in [5, 5.41) is 6.60. The van der Waals surface area contributed by atoms with E-state index in [9.17, 15) is 4.79 Å². The number of benzene rings is 1. The smallest absolute Gasteiger partial charge is 0.187 e. The van der Waals surface area contributed by atoms with Gasteiger partial charge in [0.15, 0.2) is 11.6 Å². The van der Waals surface area contributed by atoms with Gasteiger partial charge in [-0.05, 0) is 31.2 Å². The number of nitrogens with one attached hydrogen (secondary N) is 1. The van der Waals surface area contributed by atoms with Crippen LogP contribution in [0.2, 0.25) is 0 Å². The first-order chi connectivity index (χ1) is 8.65. The van der Waals surface area contributed by atoms with Crippen molar-refractivity contribution in [3.8, 4) is 0 Å². The Kier molecular flexibility index (Phi) is 3.94. The van der Waals surface area contributed by atoms with Gasteiger partial charge in [-0.2, -0.15) is 0 Å². The second kappa shape index (κ2) is 5.64. The lowest BCUT2D eigenvalue weighted by molar-refractivity contribution is 0.104. The molecule has 5 heteroatoms. The van der Waals surface area contributed by atoms with Crippen LogP contribution in [0, 0.1) is 6.92 Å². The predicted molar refractivity (Wildman–Crippen MR) is 72.5 cm³/mol. The fourth-order valence-corrected chi connectivity index (χ4v) is 1.61. The molecule has 0 spiro atoms. The SMILES string of the molecule is Cc1cc(N/C=C/C(=O)c2ccc(Br)cc2)no1. The number of nitrogens with zero attached hydrogens (tertiary/aromatic N) is 1. The molecule has 0 aliphatic rings. The van der Waals surface area contributed by atoms with Gasteiger partial charge in [0, 0.05) is 28.4 Å². The van der Waals surface area contributed by atoms with Crippen molar-refractivity contribution in [1.29, 1.82) is 0 Å². The van der Waals surface area contributed by atoms with Gasteiger partial charge in [-0.1, -0.05) is 21.1 Å². The molecule has 1 heterocycles. The van der Waals surface area contributed by atoms with Gasteiger partial charge in [-0.15, -0.1) is 0 Å². The van der Waals surface area contributed by atoms with Gasteiger partial charge in [0.25, 0.3) is 0 Å². The average molecular weight is 307 g/mol. The molecule has 1 aromatic carbocycles.